The number of hydrogen-bond acceptors (Lipinski definition) is 6. The molecule has 0 atom stereocenters. The van der Waals surface area contributed by atoms with Gasteiger partial charge in [0, 0.05) is 31.5 Å². The molecule has 0 aliphatic rings. The molecule has 0 bridgehead atoms. The fourth-order valence-electron chi connectivity index (χ4n) is 4.41. The highest BCUT2D eigenvalue weighted by Crippen LogP contribution is 2.22. The van der Waals surface area contributed by atoms with Crippen molar-refractivity contribution in [2.75, 3.05) is 14.2 Å². The van der Waals surface area contributed by atoms with Gasteiger partial charge < -0.3 is 9.30 Å². The molecular weight excluding hydrogens is 492 g/mol. The normalized spacial score (nSPS) is 11.4. The van der Waals surface area contributed by atoms with Crippen LogP contribution in [0.2, 0.25) is 5.02 Å². The average molecular weight is 517 g/mol. The van der Waals surface area contributed by atoms with E-state index in [1.165, 1.54) is 10.7 Å². The van der Waals surface area contributed by atoms with Crippen LogP contribution in [0.15, 0.2) is 82.8 Å². The molecule has 9 nitrogen and oxygen atoms in total. The number of para-hydroxylation sites is 1. The lowest BCUT2D eigenvalue weighted by atomic mass is 10.1. The van der Waals surface area contributed by atoms with Gasteiger partial charge in [0.15, 0.2) is 0 Å². The number of nitrogens with one attached hydrogen (secondary N) is 1. The highest BCUT2D eigenvalue weighted by molar-refractivity contribution is 6.32. The third kappa shape index (κ3) is 5.04. The Balaban J connectivity index is 1.63. The van der Waals surface area contributed by atoms with Crippen LogP contribution in [0.5, 0.6) is 5.75 Å². The van der Waals surface area contributed by atoms with E-state index in [1.807, 2.05) is 36.2 Å². The summed E-state index contributed by atoms with van der Waals surface area (Å²) in [6.45, 7) is 1.09. The number of pyridine rings is 1. The maximum absolute atomic E-state index is 13.7. The van der Waals surface area contributed by atoms with Gasteiger partial charge in [0.2, 0.25) is 0 Å². The summed E-state index contributed by atoms with van der Waals surface area (Å²) in [6, 6.07) is 16.3. The number of aromatic amines is 1. The summed E-state index contributed by atoms with van der Waals surface area (Å²) in [5, 5.41) is 3.91. The molecule has 3 heterocycles. The van der Waals surface area contributed by atoms with Crippen molar-refractivity contribution < 1.29 is 4.74 Å². The second-order valence-corrected chi connectivity index (χ2v) is 9.14. The number of benzene rings is 2. The lowest BCUT2D eigenvalue weighted by Gasteiger charge is -2.20. The van der Waals surface area contributed by atoms with Gasteiger partial charge in [-0.1, -0.05) is 35.9 Å². The van der Waals surface area contributed by atoms with E-state index in [1.54, 1.807) is 54.5 Å². The third-order valence-electron chi connectivity index (χ3n) is 6.10. The Kier molecular flexibility index (Phi) is 6.89. The molecule has 3 aromatic heterocycles. The number of ether oxygens (including phenoxy) is 1. The summed E-state index contributed by atoms with van der Waals surface area (Å²) in [4.78, 5) is 37.6. The summed E-state index contributed by atoms with van der Waals surface area (Å²) in [6.07, 6.45) is 4.76. The lowest BCUT2D eigenvalue weighted by Crippen LogP contribution is -2.29. The topological polar surface area (TPSA) is 98.0 Å². The zero-order valence-electron chi connectivity index (χ0n) is 20.4. The van der Waals surface area contributed by atoms with Crippen molar-refractivity contribution >= 4 is 22.5 Å². The molecule has 5 aromatic rings. The van der Waals surface area contributed by atoms with Gasteiger partial charge in [-0.05, 0) is 36.9 Å². The first kappa shape index (κ1) is 24.5. The Morgan fingerprint density at radius 3 is 2.65 bits per heavy atom. The van der Waals surface area contributed by atoms with Gasteiger partial charge in [-0.3, -0.25) is 29.6 Å². The molecule has 0 spiro atoms. The molecular formula is C27H25ClN6O3. The number of nitrogens with zero attached hydrogens (tertiary/aromatic N) is 5. The largest absolute Gasteiger partial charge is 0.497 e. The van der Waals surface area contributed by atoms with E-state index in [0.29, 0.717) is 46.1 Å². The van der Waals surface area contributed by atoms with Crippen molar-refractivity contribution in [2.45, 2.75) is 19.6 Å². The SMILES string of the molecule is COc1cccc(CN(C)Cc2c3c(=O)n(-c4ccccc4Cl)[nH]c3cc(=O)n2Cc2cnccn2)c1. The summed E-state index contributed by atoms with van der Waals surface area (Å²) >= 11 is 6.39. The first-order valence-corrected chi connectivity index (χ1v) is 12.0. The molecule has 10 heteroatoms. The molecule has 0 amide bonds. The van der Waals surface area contributed by atoms with Crippen molar-refractivity contribution in [3.63, 3.8) is 0 Å². The number of H-pyrrole nitrogens is 1. The number of methoxy groups -OCH3 is 1. The monoisotopic (exact) mass is 516 g/mol. The van der Waals surface area contributed by atoms with Crippen molar-refractivity contribution in [1.29, 1.82) is 0 Å². The standard InChI is InChI=1S/C27H25ClN6O3/c1-32(15-18-6-5-7-20(12-18)37-2)17-24-26-22(13-25(35)33(24)16-19-14-29-10-11-30-19)31-34(27(26)36)23-9-4-3-8-21(23)28/h3-14,31H,15-17H2,1-2H3. The van der Waals surface area contributed by atoms with Crippen LogP contribution in [-0.2, 0) is 19.6 Å². The molecule has 0 saturated carbocycles. The second kappa shape index (κ2) is 10.4. The average Bonchev–Trinajstić information content (AvgIpc) is 3.22. The van der Waals surface area contributed by atoms with Gasteiger partial charge in [0.25, 0.3) is 11.1 Å². The van der Waals surface area contributed by atoms with Crippen molar-refractivity contribution in [3.8, 4) is 11.4 Å². The van der Waals surface area contributed by atoms with E-state index >= 15 is 0 Å². The van der Waals surface area contributed by atoms with Gasteiger partial charge in [0.05, 0.1) is 52.9 Å². The molecule has 37 heavy (non-hydrogen) atoms. The minimum Gasteiger partial charge on any atom is -0.497 e. The van der Waals surface area contributed by atoms with Gasteiger partial charge in [-0.15, -0.1) is 0 Å². The quantitative estimate of drug-likeness (QED) is 0.338. The Labute approximate surface area is 217 Å². The Morgan fingerprint density at radius 1 is 1.05 bits per heavy atom. The number of halogens is 1. The van der Waals surface area contributed by atoms with Gasteiger partial charge >= 0.3 is 0 Å². The van der Waals surface area contributed by atoms with E-state index < -0.39 is 0 Å². The predicted molar refractivity (Wildman–Crippen MR) is 142 cm³/mol. The van der Waals surface area contributed by atoms with E-state index in [2.05, 4.69) is 15.1 Å². The lowest BCUT2D eigenvalue weighted by molar-refractivity contribution is 0.309. The van der Waals surface area contributed by atoms with Crippen LogP contribution in [-0.4, -0.2) is 43.4 Å². The Bertz CT molecular complexity index is 1680. The molecule has 1 N–H and O–H groups in total. The highest BCUT2D eigenvalue weighted by Gasteiger charge is 2.20. The minimum atomic E-state index is -0.291. The molecule has 5 rings (SSSR count). The van der Waals surface area contributed by atoms with Gasteiger partial charge in [-0.25, -0.2) is 4.68 Å². The molecule has 0 radical (unpaired) electrons. The van der Waals surface area contributed by atoms with Crippen molar-refractivity contribution in [1.82, 2.24) is 29.2 Å². The molecule has 188 valence electrons. The molecule has 0 fully saturated rings. The number of aromatic nitrogens is 5. The van der Waals surface area contributed by atoms with Crippen LogP contribution in [0.3, 0.4) is 0 Å². The summed E-state index contributed by atoms with van der Waals surface area (Å²) in [5.41, 5.74) is 2.63. The van der Waals surface area contributed by atoms with Crippen LogP contribution in [0.4, 0.5) is 0 Å². The molecule has 0 aliphatic carbocycles. The number of fused-ring (bicyclic) bond motifs is 1. The minimum absolute atomic E-state index is 0.182. The van der Waals surface area contributed by atoms with Crippen LogP contribution < -0.4 is 15.9 Å². The predicted octanol–water partition coefficient (Wildman–Crippen LogP) is 3.61. The smallest absolute Gasteiger partial charge is 0.280 e. The Morgan fingerprint density at radius 2 is 1.89 bits per heavy atom. The first-order chi connectivity index (χ1) is 17.9. The van der Waals surface area contributed by atoms with Crippen LogP contribution in [0.1, 0.15) is 17.0 Å². The first-order valence-electron chi connectivity index (χ1n) is 11.6. The highest BCUT2D eigenvalue weighted by atomic mass is 35.5. The molecule has 0 aliphatic heterocycles. The van der Waals surface area contributed by atoms with Crippen LogP contribution >= 0.6 is 11.6 Å². The zero-order chi connectivity index (χ0) is 25.9. The number of hydrogen-bond donors (Lipinski definition) is 1. The maximum atomic E-state index is 13.7. The fraction of sp³-hybridized carbons (Fsp3) is 0.185. The molecule has 2 aromatic carbocycles. The van der Waals surface area contributed by atoms with E-state index in [-0.39, 0.29) is 17.7 Å². The van der Waals surface area contributed by atoms with Crippen LogP contribution in [0, 0.1) is 0 Å². The van der Waals surface area contributed by atoms with E-state index in [4.69, 9.17) is 16.3 Å². The second-order valence-electron chi connectivity index (χ2n) is 8.73. The fourth-order valence-corrected chi connectivity index (χ4v) is 4.64. The molecule has 0 saturated heterocycles. The maximum Gasteiger partial charge on any atom is 0.280 e. The summed E-state index contributed by atoms with van der Waals surface area (Å²) < 4.78 is 8.31. The van der Waals surface area contributed by atoms with Gasteiger partial charge in [0.1, 0.15) is 5.75 Å². The molecule has 0 unspecified atom stereocenters. The zero-order valence-corrected chi connectivity index (χ0v) is 21.1. The third-order valence-corrected chi connectivity index (χ3v) is 6.42. The van der Waals surface area contributed by atoms with Crippen LogP contribution in [0.25, 0.3) is 16.6 Å². The van der Waals surface area contributed by atoms with E-state index in [9.17, 15) is 9.59 Å². The van der Waals surface area contributed by atoms with E-state index in [0.717, 1.165) is 11.3 Å². The summed E-state index contributed by atoms with van der Waals surface area (Å²) in [7, 11) is 3.57. The van der Waals surface area contributed by atoms with Gasteiger partial charge in [-0.2, -0.15) is 0 Å². The summed E-state index contributed by atoms with van der Waals surface area (Å²) in [5.74, 6) is 0.765. The van der Waals surface area contributed by atoms with Crippen molar-refractivity contribution in [2.24, 2.45) is 0 Å². The number of rotatable bonds is 8. The van der Waals surface area contributed by atoms with Crippen molar-refractivity contribution in [3.05, 3.63) is 116 Å². The Hall–Kier alpha value is -4.21.